The van der Waals surface area contributed by atoms with Gasteiger partial charge < -0.3 is 10.2 Å². The summed E-state index contributed by atoms with van der Waals surface area (Å²) in [6, 6.07) is 6.03. The molecule has 0 spiro atoms. The van der Waals surface area contributed by atoms with Gasteiger partial charge in [-0.2, -0.15) is 0 Å². The lowest BCUT2D eigenvalue weighted by Crippen LogP contribution is -2.40. The lowest BCUT2D eigenvalue weighted by Gasteiger charge is -2.33. The molecule has 32 heavy (non-hydrogen) atoms. The van der Waals surface area contributed by atoms with Crippen LogP contribution in [0, 0.1) is 18.7 Å². The van der Waals surface area contributed by atoms with E-state index in [1.165, 1.54) is 37.8 Å². The van der Waals surface area contributed by atoms with Crippen molar-refractivity contribution in [2.45, 2.75) is 64.3 Å². The maximum absolute atomic E-state index is 13.0. The first-order valence-corrected chi connectivity index (χ1v) is 11.6. The van der Waals surface area contributed by atoms with E-state index in [4.69, 9.17) is 0 Å². The molecule has 1 aliphatic heterocycles. The molecule has 1 aromatic carbocycles. The molecule has 1 saturated heterocycles. The topological polar surface area (TPSA) is 75.2 Å². The second-order valence-corrected chi connectivity index (χ2v) is 9.07. The Morgan fingerprint density at radius 1 is 1.12 bits per heavy atom. The molecule has 6 nitrogen and oxygen atoms in total. The van der Waals surface area contributed by atoms with Gasteiger partial charge in [0, 0.05) is 38.2 Å². The Hall–Kier alpha value is -2.83. The number of halogens is 1. The fourth-order valence-electron chi connectivity index (χ4n) is 4.79. The summed E-state index contributed by atoms with van der Waals surface area (Å²) in [4.78, 5) is 36.4. The molecule has 1 aliphatic carbocycles. The number of carbonyl (C=O) groups is 2. The van der Waals surface area contributed by atoms with Crippen LogP contribution in [-0.2, 0) is 11.3 Å². The molecule has 1 N–H and O–H groups in total. The highest BCUT2D eigenvalue weighted by Gasteiger charge is 2.29. The van der Waals surface area contributed by atoms with Gasteiger partial charge in [0.15, 0.2) is 0 Å². The number of benzene rings is 1. The zero-order valence-corrected chi connectivity index (χ0v) is 18.6. The SMILES string of the molecule is Cc1nc(C2CCCN(C(=O)CC3CCCC3)C2)ncc1C(=O)NCc1ccc(F)cc1. The van der Waals surface area contributed by atoms with E-state index in [9.17, 15) is 14.0 Å². The summed E-state index contributed by atoms with van der Waals surface area (Å²) in [7, 11) is 0. The Balaban J connectivity index is 1.35. The first-order valence-electron chi connectivity index (χ1n) is 11.6. The van der Waals surface area contributed by atoms with Crippen molar-refractivity contribution in [3.05, 3.63) is 58.9 Å². The molecule has 1 atom stereocenters. The quantitative estimate of drug-likeness (QED) is 0.736. The van der Waals surface area contributed by atoms with Gasteiger partial charge in [0.05, 0.1) is 11.3 Å². The van der Waals surface area contributed by atoms with E-state index < -0.39 is 0 Å². The summed E-state index contributed by atoms with van der Waals surface area (Å²) in [5.41, 5.74) is 1.88. The minimum absolute atomic E-state index is 0.103. The van der Waals surface area contributed by atoms with Crippen LogP contribution in [0.15, 0.2) is 30.5 Å². The van der Waals surface area contributed by atoms with Crippen molar-refractivity contribution in [2.24, 2.45) is 5.92 Å². The van der Waals surface area contributed by atoms with Crippen LogP contribution in [0.2, 0.25) is 0 Å². The first-order chi connectivity index (χ1) is 15.5. The van der Waals surface area contributed by atoms with Crippen LogP contribution in [0.1, 0.15) is 78.3 Å². The van der Waals surface area contributed by atoms with E-state index in [-0.39, 0.29) is 23.5 Å². The summed E-state index contributed by atoms with van der Waals surface area (Å²) in [5, 5.41) is 2.84. The highest BCUT2D eigenvalue weighted by atomic mass is 19.1. The molecular weight excluding hydrogens is 407 g/mol. The van der Waals surface area contributed by atoms with Gasteiger partial charge in [-0.05, 0) is 56.2 Å². The van der Waals surface area contributed by atoms with Crippen LogP contribution < -0.4 is 5.32 Å². The fraction of sp³-hybridized carbons (Fsp3) is 0.520. The fourth-order valence-corrected chi connectivity index (χ4v) is 4.79. The molecule has 1 aromatic heterocycles. The van der Waals surface area contributed by atoms with Crippen molar-refractivity contribution in [3.63, 3.8) is 0 Å². The van der Waals surface area contributed by atoms with E-state index >= 15 is 0 Å². The number of nitrogens with zero attached hydrogens (tertiary/aromatic N) is 3. The average Bonchev–Trinajstić information content (AvgIpc) is 3.31. The standard InChI is InChI=1S/C25H31FN4O2/c1-17-22(25(32)28-14-19-8-10-21(26)11-9-19)15-27-24(29-17)20-7-4-12-30(16-20)23(31)13-18-5-2-3-6-18/h8-11,15,18,20H,2-7,12-14,16H2,1H3,(H,28,32). The number of carbonyl (C=O) groups excluding carboxylic acids is 2. The number of hydrogen-bond donors (Lipinski definition) is 1. The third-order valence-corrected chi connectivity index (χ3v) is 6.69. The maximum Gasteiger partial charge on any atom is 0.254 e. The number of amides is 2. The predicted molar refractivity (Wildman–Crippen MR) is 119 cm³/mol. The zero-order valence-electron chi connectivity index (χ0n) is 18.6. The van der Waals surface area contributed by atoms with E-state index in [1.54, 1.807) is 18.3 Å². The Labute approximate surface area is 188 Å². The average molecular weight is 439 g/mol. The maximum atomic E-state index is 13.0. The predicted octanol–water partition coefficient (Wildman–Crippen LogP) is 4.14. The normalized spacial score (nSPS) is 19.2. The Morgan fingerprint density at radius 3 is 2.59 bits per heavy atom. The van der Waals surface area contributed by atoms with Crippen molar-refractivity contribution >= 4 is 11.8 Å². The third kappa shape index (κ3) is 5.50. The van der Waals surface area contributed by atoms with Gasteiger partial charge in [0.1, 0.15) is 11.6 Å². The van der Waals surface area contributed by atoms with E-state index in [0.29, 0.717) is 42.5 Å². The molecule has 2 aromatic rings. The minimum Gasteiger partial charge on any atom is -0.348 e. The van der Waals surface area contributed by atoms with Crippen LogP contribution in [0.5, 0.6) is 0 Å². The van der Waals surface area contributed by atoms with Crippen LogP contribution in [0.3, 0.4) is 0 Å². The molecular formula is C25H31FN4O2. The summed E-state index contributed by atoms with van der Waals surface area (Å²) in [6.07, 6.45) is 8.99. The van der Waals surface area contributed by atoms with Crippen molar-refractivity contribution in [3.8, 4) is 0 Å². The number of likely N-dealkylation sites (tertiary alicyclic amines) is 1. The van der Waals surface area contributed by atoms with Gasteiger partial charge in [-0.15, -0.1) is 0 Å². The third-order valence-electron chi connectivity index (χ3n) is 6.69. The summed E-state index contributed by atoms with van der Waals surface area (Å²) < 4.78 is 13.0. The summed E-state index contributed by atoms with van der Waals surface area (Å²) in [6.45, 7) is 3.58. The Bertz CT molecular complexity index is 957. The number of aryl methyl sites for hydroxylation is 1. The Morgan fingerprint density at radius 2 is 1.88 bits per heavy atom. The summed E-state index contributed by atoms with van der Waals surface area (Å²) >= 11 is 0. The van der Waals surface area contributed by atoms with Gasteiger partial charge in [0.2, 0.25) is 5.91 Å². The molecule has 4 rings (SSSR count). The molecule has 2 heterocycles. The van der Waals surface area contributed by atoms with Gasteiger partial charge >= 0.3 is 0 Å². The highest BCUT2D eigenvalue weighted by molar-refractivity contribution is 5.94. The van der Waals surface area contributed by atoms with E-state index in [2.05, 4.69) is 15.3 Å². The molecule has 0 bridgehead atoms. The lowest BCUT2D eigenvalue weighted by molar-refractivity contribution is -0.133. The van der Waals surface area contributed by atoms with Crippen LogP contribution in [0.4, 0.5) is 4.39 Å². The monoisotopic (exact) mass is 438 g/mol. The zero-order chi connectivity index (χ0) is 22.5. The molecule has 1 saturated carbocycles. The van der Waals surface area contributed by atoms with Gasteiger partial charge in [0.25, 0.3) is 5.91 Å². The van der Waals surface area contributed by atoms with Crippen LogP contribution in [0.25, 0.3) is 0 Å². The Kier molecular flexibility index (Phi) is 7.12. The van der Waals surface area contributed by atoms with E-state index in [1.807, 2.05) is 11.8 Å². The van der Waals surface area contributed by atoms with Gasteiger partial charge in [-0.3, -0.25) is 9.59 Å². The number of rotatable bonds is 6. The first kappa shape index (κ1) is 22.4. The summed E-state index contributed by atoms with van der Waals surface area (Å²) in [5.74, 6) is 1.06. The number of hydrogen-bond acceptors (Lipinski definition) is 4. The highest BCUT2D eigenvalue weighted by Crippen LogP contribution is 2.30. The smallest absolute Gasteiger partial charge is 0.254 e. The molecule has 170 valence electrons. The molecule has 2 amide bonds. The second kappa shape index (κ2) is 10.2. The number of aromatic nitrogens is 2. The van der Waals surface area contributed by atoms with E-state index in [0.717, 1.165) is 24.9 Å². The van der Waals surface area contributed by atoms with Gasteiger partial charge in [-0.25, -0.2) is 14.4 Å². The largest absolute Gasteiger partial charge is 0.348 e. The lowest BCUT2D eigenvalue weighted by atomic mass is 9.95. The van der Waals surface area contributed by atoms with Crippen molar-refractivity contribution < 1.29 is 14.0 Å². The molecule has 0 radical (unpaired) electrons. The molecule has 7 heteroatoms. The second-order valence-electron chi connectivity index (χ2n) is 9.07. The molecule has 2 aliphatic rings. The number of nitrogens with one attached hydrogen (secondary N) is 1. The van der Waals surface area contributed by atoms with Gasteiger partial charge in [-0.1, -0.05) is 25.0 Å². The van der Waals surface area contributed by atoms with Crippen LogP contribution in [-0.4, -0.2) is 39.8 Å². The molecule has 1 unspecified atom stereocenters. The van der Waals surface area contributed by atoms with Crippen molar-refractivity contribution in [1.82, 2.24) is 20.2 Å². The van der Waals surface area contributed by atoms with Crippen molar-refractivity contribution in [2.75, 3.05) is 13.1 Å². The van der Waals surface area contributed by atoms with Crippen molar-refractivity contribution in [1.29, 1.82) is 0 Å². The number of piperidine rings is 1. The minimum atomic E-state index is -0.304. The van der Waals surface area contributed by atoms with Crippen LogP contribution >= 0.6 is 0 Å². The molecule has 2 fully saturated rings.